The van der Waals surface area contributed by atoms with Crippen molar-refractivity contribution in [1.29, 1.82) is 0 Å². The van der Waals surface area contributed by atoms with Crippen LogP contribution < -0.4 is 15.2 Å². The van der Waals surface area contributed by atoms with E-state index in [-0.39, 0.29) is 29.4 Å². The first-order valence-corrected chi connectivity index (χ1v) is 11.4. The minimum absolute atomic E-state index is 0.107. The Labute approximate surface area is 187 Å². The molecule has 6 rings (SSSR count). The standard InChI is InChI=1S/C25H30N2O5/c1-30-21-6-2-5-20(24(26)29)23(21)32-15-22(28)27(14-19-4-3-7-31-19)25-11-16-8-17(12-25)10-18(9-16)13-25/h2-7,16-18H,8-15H2,1H3,(H2,26,29). The molecule has 2 N–H and O–H groups in total. The fraction of sp³-hybridized carbons (Fsp3) is 0.520. The number of furan rings is 1. The quantitative estimate of drug-likeness (QED) is 0.677. The number of hydrogen-bond acceptors (Lipinski definition) is 5. The zero-order valence-corrected chi connectivity index (χ0v) is 18.4. The second kappa shape index (κ2) is 8.19. The van der Waals surface area contributed by atoms with Crippen LogP contribution in [-0.2, 0) is 11.3 Å². The second-order valence-corrected chi connectivity index (χ2v) is 9.69. The van der Waals surface area contributed by atoms with Gasteiger partial charge in [-0.1, -0.05) is 6.07 Å². The molecule has 2 aromatic rings. The number of nitrogens with zero attached hydrogens (tertiary/aromatic N) is 1. The average Bonchev–Trinajstić information content (AvgIpc) is 3.28. The number of methoxy groups -OCH3 is 1. The molecule has 2 amide bonds. The number of primary amides is 1. The van der Waals surface area contributed by atoms with Gasteiger partial charge in [0.05, 0.1) is 25.5 Å². The van der Waals surface area contributed by atoms with Gasteiger partial charge in [-0.25, -0.2) is 0 Å². The van der Waals surface area contributed by atoms with Crippen LogP contribution >= 0.6 is 0 Å². The van der Waals surface area contributed by atoms with Crippen molar-refractivity contribution in [1.82, 2.24) is 4.90 Å². The number of nitrogens with two attached hydrogens (primary N) is 1. The van der Waals surface area contributed by atoms with Crippen molar-refractivity contribution in [3.63, 3.8) is 0 Å². The fourth-order valence-electron chi connectivity index (χ4n) is 6.71. The lowest BCUT2D eigenvalue weighted by Gasteiger charge is -2.60. The Morgan fingerprint density at radius 1 is 1.09 bits per heavy atom. The monoisotopic (exact) mass is 438 g/mol. The summed E-state index contributed by atoms with van der Waals surface area (Å²) in [6, 6.07) is 8.69. The molecule has 0 radical (unpaired) electrons. The van der Waals surface area contributed by atoms with Crippen LogP contribution in [0, 0.1) is 17.8 Å². The molecule has 0 atom stereocenters. The van der Waals surface area contributed by atoms with E-state index in [1.165, 1.54) is 26.4 Å². The predicted octanol–water partition coefficient (Wildman–Crippen LogP) is 3.76. The highest BCUT2D eigenvalue weighted by Gasteiger charge is 2.54. The van der Waals surface area contributed by atoms with Gasteiger partial charge in [-0.05, 0) is 80.5 Å². The third-order valence-electron chi connectivity index (χ3n) is 7.58. The van der Waals surface area contributed by atoms with Crippen LogP contribution in [0.15, 0.2) is 41.0 Å². The highest BCUT2D eigenvalue weighted by Crippen LogP contribution is 2.58. The van der Waals surface area contributed by atoms with Gasteiger partial charge in [-0.15, -0.1) is 0 Å². The molecule has 32 heavy (non-hydrogen) atoms. The molecule has 0 saturated heterocycles. The van der Waals surface area contributed by atoms with Crippen LogP contribution in [0.5, 0.6) is 11.5 Å². The summed E-state index contributed by atoms with van der Waals surface area (Å²) < 4.78 is 16.9. The molecule has 4 aliphatic rings. The Morgan fingerprint density at radius 2 is 1.78 bits per heavy atom. The molecule has 1 aromatic heterocycles. The molecule has 7 heteroatoms. The van der Waals surface area contributed by atoms with Crippen LogP contribution in [0.2, 0.25) is 0 Å². The third-order valence-corrected chi connectivity index (χ3v) is 7.58. The van der Waals surface area contributed by atoms with E-state index in [0.717, 1.165) is 25.0 Å². The summed E-state index contributed by atoms with van der Waals surface area (Å²) in [5.41, 5.74) is 5.57. The highest BCUT2D eigenvalue weighted by molar-refractivity contribution is 5.96. The zero-order valence-electron chi connectivity index (χ0n) is 18.4. The van der Waals surface area contributed by atoms with E-state index in [1.54, 1.807) is 24.5 Å². The van der Waals surface area contributed by atoms with E-state index in [9.17, 15) is 9.59 Å². The first-order chi connectivity index (χ1) is 15.5. The van der Waals surface area contributed by atoms with Crippen LogP contribution in [0.4, 0.5) is 0 Å². The molecule has 0 aliphatic heterocycles. The normalized spacial score (nSPS) is 27.8. The third kappa shape index (κ3) is 3.74. The number of carbonyl (C=O) groups is 2. The average molecular weight is 439 g/mol. The lowest BCUT2D eigenvalue weighted by molar-refractivity contribution is -0.155. The zero-order chi connectivity index (χ0) is 22.3. The Hall–Kier alpha value is -2.96. The van der Waals surface area contributed by atoms with E-state index < -0.39 is 5.91 Å². The molecule has 4 fully saturated rings. The molecule has 1 aromatic carbocycles. The molecular weight excluding hydrogens is 408 g/mol. The minimum atomic E-state index is -0.625. The Balaban J connectivity index is 1.41. The maximum Gasteiger partial charge on any atom is 0.261 e. The van der Waals surface area contributed by atoms with Crippen LogP contribution in [0.25, 0.3) is 0 Å². The lowest BCUT2D eigenvalue weighted by Crippen LogP contribution is -2.61. The van der Waals surface area contributed by atoms with Crippen LogP contribution in [0.3, 0.4) is 0 Å². The summed E-state index contributed by atoms with van der Waals surface area (Å²) in [7, 11) is 1.49. The number of amides is 2. The number of ether oxygens (including phenoxy) is 2. The molecule has 0 unspecified atom stereocenters. The van der Waals surface area contributed by atoms with Gasteiger partial charge in [0.25, 0.3) is 11.8 Å². The minimum Gasteiger partial charge on any atom is -0.493 e. The Morgan fingerprint density at radius 3 is 2.34 bits per heavy atom. The van der Waals surface area contributed by atoms with E-state index in [0.29, 0.717) is 30.0 Å². The molecular formula is C25H30N2O5. The van der Waals surface area contributed by atoms with Gasteiger partial charge >= 0.3 is 0 Å². The summed E-state index contributed by atoms with van der Waals surface area (Å²) in [6.07, 6.45) is 8.67. The number of carbonyl (C=O) groups excluding carboxylic acids is 2. The maximum atomic E-state index is 13.6. The smallest absolute Gasteiger partial charge is 0.261 e. The second-order valence-electron chi connectivity index (χ2n) is 9.69. The number of para-hydroxylation sites is 1. The molecule has 4 aliphatic carbocycles. The fourth-order valence-corrected chi connectivity index (χ4v) is 6.71. The van der Waals surface area contributed by atoms with Gasteiger partial charge < -0.3 is 24.5 Å². The highest BCUT2D eigenvalue weighted by atomic mass is 16.5. The van der Waals surface area contributed by atoms with Crippen molar-refractivity contribution in [2.75, 3.05) is 13.7 Å². The largest absolute Gasteiger partial charge is 0.493 e. The first kappa shape index (κ1) is 20.9. The number of hydrogen-bond donors (Lipinski definition) is 1. The molecule has 4 saturated carbocycles. The van der Waals surface area contributed by atoms with Crippen molar-refractivity contribution < 1.29 is 23.5 Å². The molecule has 7 nitrogen and oxygen atoms in total. The van der Waals surface area contributed by atoms with Gasteiger partial charge in [0, 0.05) is 5.54 Å². The van der Waals surface area contributed by atoms with E-state index in [2.05, 4.69) is 0 Å². The van der Waals surface area contributed by atoms with Crippen molar-refractivity contribution in [2.24, 2.45) is 23.5 Å². The number of rotatable bonds is 8. The van der Waals surface area contributed by atoms with Gasteiger partial charge in [0.1, 0.15) is 5.76 Å². The van der Waals surface area contributed by atoms with Crippen LogP contribution in [0.1, 0.15) is 54.6 Å². The molecule has 4 bridgehead atoms. The van der Waals surface area contributed by atoms with Gasteiger partial charge in [0.2, 0.25) is 0 Å². The Kier molecular flexibility index (Phi) is 5.35. The van der Waals surface area contributed by atoms with Crippen LogP contribution in [-0.4, -0.2) is 36.0 Å². The summed E-state index contributed by atoms with van der Waals surface area (Å²) in [5, 5.41) is 0. The van der Waals surface area contributed by atoms with Crippen molar-refractivity contribution in [3.05, 3.63) is 47.9 Å². The summed E-state index contributed by atoms with van der Waals surface area (Å²) in [4.78, 5) is 27.5. The van der Waals surface area contributed by atoms with Crippen molar-refractivity contribution in [2.45, 2.75) is 50.6 Å². The maximum absolute atomic E-state index is 13.6. The predicted molar refractivity (Wildman–Crippen MR) is 117 cm³/mol. The van der Waals surface area contributed by atoms with Gasteiger partial charge in [-0.2, -0.15) is 0 Å². The van der Waals surface area contributed by atoms with E-state index in [1.807, 2.05) is 17.0 Å². The van der Waals surface area contributed by atoms with E-state index >= 15 is 0 Å². The number of benzene rings is 1. The molecule has 0 spiro atoms. The SMILES string of the molecule is COc1cccc(C(N)=O)c1OCC(=O)N(Cc1ccco1)C12CC3CC(CC(C3)C1)C2. The van der Waals surface area contributed by atoms with Gasteiger partial charge in [-0.3, -0.25) is 9.59 Å². The Bertz CT molecular complexity index is 964. The first-order valence-electron chi connectivity index (χ1n) is 11.4. The molecule has 170 valence electrons. The van der Waals surface area contributed by atoms with E-state index in [4.69, 9.17) is 19.6 Å². The van der Waals surface area contributed by atoms with Crippen molar-refractivity contribution >= 4 is 11.8 Å². The summed E-state index contributed by atoms with van der Waals surface area (Å²) >= 11 is 0. The summed E-state index contributed by atoms with van der Waals surface area (Å²) in [5.74, 6) is 2.72. The van der Waals surface area contributed by atoms with Crippen molar-refractivity contribution in [3.8, 4) is 11.5 Å². The summed E-state index contributed by atoms with van der Waals surface area (Å²) in [6.45, 7) is 0.235. The topological polar surface area (TPSA) is 95.0 Å². The molecule has 1 heterocycles. The lowest BCUT2D eigenvalue weighted by atomic mass is 9.52. The van der Waals surface area contributed by atoms with Gasteiger partial charge in [0.15, 0.2) is 18.1 Å².